The van der Waals surface area contributed by atoms with E-state index >= 15 is 0 Å². The molecule has 1 fully saturated rings. The van der Waals surface area contributed by atoms with E-state index in [1.54, 1.807) is 4.90 Å². The number of hydrogen-bond acceptors (Lipinski definition) is 2. The van der Waals surface area contributed by atoms with Crippen molar-refractivity contribution >= 4 is 5.91 Å². The van der Waals surface area contributed by atoms with Gasteiger partial charge in [-0.1, -0.05) is 6.92 Å². The van der Waals surface area contributed by atoms with Gasteiger partial charge in [0.05, 0.1) is 6.10 Å². The number of morpholine rings is 1. The molecule has 0 saturated carbocycles. The highest BCUT2D eigenvalue weighted by Crippen LogP contribution is 2.06. The number of hydrogen-bond donors (Lipinski definition) is 0. The third kappa shape index (κ3) is 1.48. The maximum absolute atomic E-state index is 10.9. The molecule has 0 N–H and O–H groups in total. The first-order valence-corrected chi connectivity index (χ1v) is 3.59. The summed E-state index contributed by atoms with van der Waals surface area (Å²) in [4.78, 5) is 12.6. The number of carbonyl (C=O) groups excluding carboxylic acids is 1. The second kappa shape index (κ2) is 3.01. The van der Waals surface area contributed by atoms with Crippen LogP contribution in [0.1, 0.15) is 13.3 Å². The first-order chi connectivity index (χ1) is 4.74. The van der Waals surface area contributed by atoms with Crippen LogP contribution < -0.4 is 0 Å². The Morgan fingerprint density at radius 1 is 1.80 bits per heavy atom. The number of amides is 1. The van der Waals surface area contributed by atoms with E-state index < -0.39 is 0 Å². The molecule has 0 radical (unpaired) electrons. The Balaban J connectivity index is 2.40. The summed E-state index contributed by atoms with van der Waals surface area (Å²) >= 11 is 0. The Morgan fingerprint density at radius 3 is 3.00 bits per heavy atom. The monoisotopic (exact) mass is 143 g/mol. The third-order valence-electron chi connectivity index (χ3n) is 1.80. The summed E-state index contributed by atoms with van der Waals surface area (Å²) in [6.07, 6.45) is 1.24. The van der Waals surface area contributed by atoms with Crippen molar-refractivity contribution in [2.75, 3.05) is 20.2 Å². The molecule has 1 aliphatic rings. The molecule has 0 spiro atoms. The van der Waals surface area contributed by atoms with E-state index in [1.165, 1.54) is 0 Å². The molecule has 1 unspecified atom stereocenters. The minimum absolute atomic E-state index is 0.0877. The van der Waals surface area contributed by atoms with Crippen LogP contribution in [0.5, 0.6) is 0 Å². The molecule has 58 valence electrons. The fourth-order valence-electron chi connectivity index (χ4n) is 1.01. The van der Waals surface area contributed by atoms with Crippen LogP contribution in [0.2, 0.25) is 0 Å². The molecule has 1 aliphatic heterocycles. The zero-order chi connectivity index (χ0) is 7.56. The van der Waals surface area contributed by atoms with Gasteiger partial charge in [0.1, 0.15) is 6.61 Å². The van der Waals surface area contributed by atoms with Crippen LogP contribution in [0, 0.1) is 0 Å². The molecule has 0 aromatic carbocycles. The van der Waals surface area contributed by atoms with Crippen LogP contribution >= 0.6 is 0 Å². The predicted octanol–water partition coefficient (Wildman–Crippen LogP) is 0.254. The molecule has 1 rings (SSSR count). The summed E-state index contributed by atoms with van der Waals surface area (Å²) in [6, 6.07) is 0. The average Bonchev–Trinajstić information content (AvgIpc) is 1.95. The molecular formula is C7H13NO2. The Labute approximate surface area is 61.0 Å². The van der Waals surface area contributed by atoms with Gasteiger partial charge in [-0.15, -0.1) is 0 Å². The van der Waals surface area contributed by atoms with Gasteiger partial charge >= 0.3 is 0 Å². The van der Waals surface area contributed by atoms with Gasteiger partial charge in [-0.2, -0.15) is 0 Å². The fraction of sp³-hybridized carbons (Fsp3) is 0.857. The highest BCUT2D eigenvalue weighted by Gasteiger charge is 2.21. The molecule has 3 nitrogen and oxygen atoms in total. The van der Waals surface area contributed by atoms with Crippen LogP contribution in [0.4, 0.5) is 0 Å². The van der Waals surface area contributed by atoms with Gasteiger partial charge in [0.2, 0.25) is 5.91 Å². The first-order valence-electron chi connectivity index (χ1n) is 3.59. The summed E-state index contributed by atoms with van der Waals surface area (Å²) in [5, 5.41) is 0. The Kier molecular flexibility index (Phi) is 2.27. The molecule has 1 saturated heterocycles. The number of nitrogens with zero attached hydrogens (tertiary/aromatic N) is 1. The van der Waals surface area contributed by atoms with Crippen molar-refractivity contribution in [1.82, 2.24) is 4.90 Å². The lowest BCUT2D eigenvalue weighted by molar-refractivity contribution is -0.146. The van der Waals surface area contributed by atoms with Crippen LogP contribution in [0.3, 0.4) is 0 Å². The predicted molar refractivity (Wildman–Crippen MR) is 37.7 cm³/mol. The third-order valence-corrected chi connectivity index (χ3v) is 1.80. The van der Waals surface area contributed by atoms with Crippen molar-refractivity contribution < 1.29 is 9.53 Å². The van der Waals surface area contributed by atoms with E-state index in [1.807, 2.05) is 7.05 Å². The van der Waals surface area contributed by atoms with Gasteiger partial charge in [0.15, 0.2) is 0 Å². The summed E-state index contributed by atoms with van der Waals surface area (Å²) in [7, 11) is 1.81. The summed E-state index contributed by atoms with van der Waals surface area (Å²) in [5.41, 5.74) is 0. The highest BCUT2D eigenvalue weighted by molar-refractivity contribution is 5.77. The van der Waals surface area contributed by atoms with E-state index in [4.69, 9.17) is 4.74 Å². The van der Waals surface area contributed by atoms with E-state index in [0.29, 0.717) is 0 Å². The molecule has 0 bridgehead atoms. The zero-order valence-electron chi connectivity index (χ0n) is 6.46. The second-order valence-corrected chi connectivity index (χ2v) is 2.62. The topological polar surface area (TPSA) is 29.5 Å². The van der Waals surface area contributed by atoms with E-state index in [-0.39, 0.29) is 18.6 Å². The van der Waals surface area contributed by atoms with Gasteiger partial charge in [-0.25, -0.2) is 0 Å². The maximum Gasteiger partial charge on any atom is 0.248 e. The minimum Gasteiger partial charge on any atom is -0.367 e. The highest BCUT2D eigenvalue weighted by atomic mass is 16.5. The molecule has 10 heavy (non-hydrogen) atoms. The van der Waals surface area contributed by atoms with Gasteiger partial charge in [0.25, 0.3) is 0 Å². The molecule has 0 aliphatic carbocycles. The van der Waals surface area contributed by atoms with Crippen molar-refractivity contribution in [2.45, 2.75) is 19.4 Å². The Morgan fingerprint density at radius 2 is 2.50 bits per heavy atom. The van der Waals surface area contributed by atoms with Gasteiger partial charge in [-0.3, -0.25) is 4.79 Å². The lowest BCUT2D eigenvalue weighted by Gasteiger charge is -2.28. The van der Waals surface area contributed by atoms with Crippen LogP contribution in [0.25, 0.3) is 0 Å². The van der Waals surface area contributed by atoms with E-state index in [9.17, 15) is 4.79 Å². The van der Waals surface area contributed by atoms with Gasteiger partial charge in [0, 0.05) is 13.6 Å². The van der Waals surface area contributed by atoms with Gasteiger partial charge < -0.3 is 9.64 Å². The molecule has 3 heteroatoms. The first kappa shape index (κ1) is 7.54. The maximum atomic E-state index is 10.9. The van der Waals surface area contributed by atoms with Crippen molar-refractivity contribution in [1.29, 1.82) is 0 Å². The number of carbonyl (C=O) groups is 1. The minimum atomic E-state index is 0.0877. The Hall–Kier alpha value is -0.570. The standard InChI is InChI=1S/C7H13NO2/c1-3-6-4-8(2)7(9)5-10-6/h6H,3-5H2,1-2H3. The van der Waals surface area contributed by atoms with Gasteiger partial charge in [-0.05, 0) is 6.42 Å². The SMILES string of the molecule is CCC1CN(C)C(=O)CO1. The quantitative estimate of drug-likeness (QED) is 0.526. The lowest BCUT2D eigenvalue weighted by atomic mass is 10.2. The molecule has 1 amide bonds. The van der Waals surface area contributed by atoms with Crippen molar-refractivity contribution in [3.8, 4) is 0 Å². The number of ether oxygens (including phenoxy) is 1. The summed E-state index contributed by atoms with van der Waals surface area (Å²) < 4.78 is 5.22. The van der Waals surface area contributed by atoms with Crippen molar-refractivity contribution in [2.24, 2.45) is 0 Å². The Bertz CT molecular complexity index is 136. The smallest absolute Gasteiger partial charge is 0.248 e. The van der Waals surface area contributed by atoms with E-state index in [2.05, 4.69) is 6.92 Å². The molecule has 0 aromatic heterocycles. The lowest BCUT2D eigenvalue weighted by Crippen LogP contribution is -2.43. The zero-order valence-corrected chi connectivity index (χ0v) is 6.46. The van der Waals surface area contributed by atoms with Crippen LogP contribution in [-0.4, -0.2) is 37.1 Å². The molecular weight excluding hydrogens is 130 g/mol. The fourth-order valence-corrected chi connectivity index (χ4v) is 1.01. The molecule has 1 heterocycles. The average molecular weight is 143 g/mol. The van der Waals surface area contributed by atoms with E-state index in [0.717, 1.165) is 13.0 Å². The summed E-state index contributed by atoms with van der Waals surface area (Å²) in [6.45, 7) is 3.07. The largest absolute Gasteiger partial charge is 0.367 e. The molecule has 0 aromatic rings. The molecule has 1 atom stereocenters. The van der Waals surface area contributed by atoms with Crippen molar-refractivity contribution in [3.63, 3.8) is 0 Å². The summed E-state index contributed by atoms with van der Waals surface area (Å²) in [5.74, 6) is 0.0877. The van der Waals surface area contributed by atoms with Crippen LogP contribution in [0.15, 0.2) is 0 Å². The normalized spacial score (nSPS) is 27.2. The number of rotatable bonds is 1. The van der Waals surface area contributed by atoms with Crippen LogP contribution in [-0.2, 0) is 9.53 Å². The van der Waals surface area contributed by atoms with Crippen molar-refractivity contribution in [3.05, 3.63) is 0 Å². The number of likely N-dealkylation sites (N-methyl/N-ethyl adjacent to an activating group) is 1. The second-order valence-electron chi connectivity index (χ2n) is 2.62.